The summed E-state index contributed by atoms with van der Waals surface area (Å²) >= 11 is 0. The lowest BCUT2D eigenvalue weighted by molar-refractivity contribution is -0.119. The van der Waals surface area contributed by atoms with Crippen molar-refractivity contribution in [2.45, 2.75) is 32.2 Å². The normalized spacial score (nSPS) is 18.7. The molecule has 26 heavy (non-hydrogen) atoms. The maximum Gasteiger partial charge on any atom is 0.255 e. The molecule has 1 saturated carbocycles. The number of anilines is 2. The standard InChI is InChI=1S/C20H23N3O2.ClH/c1-13-7-8-15(19(24)22-17-5-3-2-4-6-17)12-18(13)23-20(25)14-9-10-16(21)11-14;/h2-8,12,14,16H,9-11,21H2,1H3,(H,22,24)(H,23,25);1H. The van der Waals surface area contributed by atoms with Crippen LogP contribution in [0.2, 0.25) is 0 Å². The molecule has 1 aliphatic rings. The molecule has 0 bridgehead atoms. The van der Waals surface area contributed by atoms with Crippen LogP contribution in [0.15, 0.2) is 48.5 Å². The van der Waals surface area contributed by atoms with Crippen molar-refractivity contribution in [3.8, 4) is 0 Å². The lowest BCUT2D eigenvalue weighted by Crippen LogP contribution is -2.23. The van der Waals surface area contributed by atoms with E-state index in [0.717, 1.165) is 30.5 Å². The smallest absolute Gasteiger partial charge is 0.255 e. The lowest BCUT2D eigenvalue weighted by Gasteiger charge is -2.14. The van der Waals surface area contributed by atoms with Crippen molar-refractivity contribution in [2.75, 3.05) is 10.6 Å². The number of nitrogens with one attached hydrogen (secondary N) is 2. The SMILES string of the molecule is Cc1ccc(C(=O)Nc2ccccc2)cc1NC(=O)C1CCC(N)C1.Cl. The van der Waals surface area contributed by atoms with Crippen molar-refractivity contribution >= 4 is 35.6 Å². The first-order chi connectivity index (χ1) is 12.0. The van der Waals surface area contributed by atoms with Gasteiger partial charge < -0.3 is 16.4 Å². The van der Waals surface area contributed by atoms with E-state index in [1.165, 1.54) is 0 Å². The summed E-state index contributed by atoms with van der Waals surface area (Å²) in [5.41, 5.74) is 8.73. The van der Waals surface area contributed by atoms with E-state index in [1.54, 1.807) is 12.1 Å². The van der Waals surface area contributed by atoms with Crippen LogP contribution in [0.4, 0.5) is 11.4 Å². The maximum atomic E-state index is 12.4. The molecule has 5 nitrogen and oxygen atoms in total. The monoisotopic (exact) mass is 373 g/mol. The first kappa shape index (κ1) is 19.9. The molecule has 2 atom stereocenters. The molecule has 1 fully saturated rings. The minimum absolute atomic E-state index is 0. The fraction of sp³-hybridized carbons (Fsp3) is 0.300. The fourth-order valence-electron chi connectivity index (χ4n) is 3.11. The maximum absolute atomic E-state index is 12.4. The molecule has 3 rings (SSSR count). The van der Waals surface area contributed by atoms with Gasteiger partial charge in [-0.25, -0.2) is 0 Å². The van der Waals surface area contributed by atoms with Crippen LogP contribution in [0.1, 0.15) is 35.2 Å². The summed E-state index contributed by atoms with van der Waals surface area (Å²) in [7, 11) is 0. The van der Waals surface area contributed by atoms with Crippen molar-refractivity contribution in [1.29, 1.82) is 0 Å². The van der Waals surface area contributed by atoms with E-state index < -0.39 is 0 Å². The second-order valence-electron chi connectivity index (χ2n) is 6.61. The third kappa shape index (κ3) is 4.84. The number of amides is 2. The number of nitrogens with two attached hydrogens (primary N) is 1. The number of carbonyl (C=O) groups is 2. The minimum atomic E-state index is -0.204. The lowest BCUT2D eigenvalue weighted by atomic mass is 10.1. The Balaban J connectivity index is 0.00000243. The topological polar surface area (TPSA) is 84.2 Å². The summed E-state index contributed by atoms with van der Waals surface area (Å²) < 4.78 is 0. The molecule has 2 amide bonds. The number of halogens is 1. The third-order valence-corrected chi connectivity index (χ3v) is 4.63. The summed E-state index contributed by atoms with van der Waals surface area (Å²) in [5.74, 6) is -0.266. The second-order valence-corrected chi connectivity index (χ2v) is 6.61. The molecule has 6 heteroatoms. The number of benzene rings is 2. The summed E-state index contributed by atoms with van der Waals surface area (Å²) in [6.45, 7) is 1.91. The van der Waals surface area contributed by atoms with Crippen molar-refractivity contribution in [3.63, 3.8) is 0 Å². The van der Waals surface area contributed by atoms with Gasteiger partial charge in [0, 0.05) is 28.9 Å². The van der Waals surface area contributed by atoms with E-state index >= 15 is 0 Å². The van der Waals surface area contributed by atoms with Crippen molar-refractivity contribution in [3.05, 3.63) is 59.7 Å². The Morgan fingerprint density at radius 1 is 1.04 bits per heavy atom. The van der Waals surface area contributed by atoms with Crippen molar-refractivity contribution in [1.82, 2.24) is 0 Å². The van der Waals surface area contributed by atoms with Gasteiger partial charge in [0.05, 0.1) is 0 Å². The summed E-state index contributed by atoms with van der Waals surface area (Å²) in [6.07, 6.45) is 2.43. The van der Waals surface area contributed by atoms with Gasteiger partial charge in [-0.2, -0.15) is 0 Å². The molecule has 138 valence electrons. The van der Waals surface area contributed by atoms with E-state index in [4.69, 9.17) is 5.73 Å². The van der Waals surface area contributed by atoms with E-state index in [1.807, 2.05) is 43.3 Å². The quantitative estimate of drug-likeness (QED) is 0.763. The van der Waals surface area contributed by atoms with Crippen LogP contribution in [0, 0.1) is 12.8 Å². The van der Waals surface area contributed by atoms with Gasteiger partial charge in [-0.1, -0.05) is 24.3 Å². The Bertz CT molecular complexity index is 780. The molecule has 0 saturated heterocycles. The molecular weight excluding hydrogens is 350 g/mol. The molecule has 0 aromatic heterocycles. The summed E-state index contributed by atoms with van der Waals surface area (Å²) in [5, 5.41) is 5.81. The van der Waals surface area contributed by atoms with Crippen LogP contribution in [-0.2, 0) is 4.79 Å². The Labute approximate surface area is 159 Å². The first-order valence-corrected chi connectivity index (χ1v) is 8.56. The molecule has 0 spiro atoms. The first-order valence-electron chi connectivity index (χ1n) is 8.56. The molecule has 4 N–H and O–H groups in total. The number of hydrogen-bond donors (Lipinski definition) is 3. The van der Waals surface area contributed by atoms with Crippen LogP contribution >= 0.6 is 12.4 Å². The van der Waals surface area contributed by atoms with Gasteiger partial charge >= 0.3 is 0 Å². The summed E-state index contributed by atoms with van der Waals surface area (Å²) in [6, 6.07) is 14.7. The van der Waals surface area contributed by atoms with Crippen LogP contribution in [-0.4, -0.2) is 17.9 Å². The molecule has 2 aromatic carbocycles. The largest absolute Gasteiger partial charge is 0.328 e. The highest BCUT2D eigenvalue weighted by atomic mass is 35.5. The number of aryl methyl sites for hydroxylation is 1. The Morgan fingerprint density at radius 3 is 2.42 bits per heavy atom. The van der Waals surface area contributed by atoms with Gasteiger partial charge in [-0.3, -0.25) is 9.59 Å². The molecule has 0 aliphatic heterocycles. The number of carbonyl (C=O) groups excluding carboxylic acids is 2. The highest BCUT2D eigenvalue weighted by Crippen LogP contribution is 2.26. The van der Waals surface area contributed by atoms with Gasteiger partial charge in [-0.05, 0) is 56.0 Å². The van der Waals surface area contributed by atoms with Crippen molar-refractivity contribution < 1.29 is 9.59 Å². The molecule has 0 radical (unpaired) electrons. The summed E-state index contributed by atoms with van der Waals surface area (Å²) in [4.78, 5) is 24.8. The highest BCUT2D eigenvalue weighted by molar-refractivity contribution is 6.05. The van der Waals surface area contributed by atoms with Crippen molar-refractivity contribution in [2.24, 2.45) is 11.7 Å². The fourth-order valence-corrected chi connectivity index (χ4v) is 3.11. The van der Waals surface area contributed by atoms with Crippen LogP contribution in [0.5, 0.6) is 0 Å². The zero-order valence-corrected chi connectivity index (χ0v) is 15.5. The number of rotatable bonds is 4. The molecule has 0 heterocycles. The Morgan fingerprint density at radius 2 is 1.77 bits per heavy atom. The van der Waals surface area contributed by atoms with Gasteiger partial charge in [0.15, 0.2) is 0 Å². The second kappa shape index (κ2) is 8.83. The molecule has 2 aromatic rings. The number of hydrogen-bond acceptors (Lipinski definition) is 3. The van der Waals surface area contributed by atoms with Gasteiger partial charge in [-0.15, -0.1) is 12.4 Å². The minimum Gasteiger partial charge on any atom is -0.328 e. The van der Waals surface area contributed by atoms with E-state index in [0.29, 0.717) is 11.3 Å². The van der Waals surface area contributed by atoms with Crippen LogP contribution in [0.25, 0.3) is 0 Å². The zero-order chi connectivity index (χ0) is 17.8. The third-order valence-electron chi connectivity index (χ3n) is 4.63. The van der Waals surface area contributed by atoms with Gasteiger partial charge in [0.25, 0.3) is 5.91 Å². The van der Waals surface area contributed by atoms with E-state index in [9.17, 15) is 9.59 Å². The average Bonchev–Trinajstić information content (AvgIpc) is 3.04. The average molecular weight is 374 g/mol. The Hall–Kier alpha value is -2.37. The number of para-hydroxylation sites is 1. The predicted molar refractivity (Wildman–Crippen MR) is 107 cm³/mol. The van der Waals surface area contributed by atoms with E-state index in [-0.39, 0.29) is 36.2 Å². The van der Waals surface area contributed by atoms with Crippen LogP contribution in [0.3, 0.4) is 0 Å². The Kier molecular flexibility index (Phi) is 6.77. The van der Waals surface area contributed by atoms with Crippen LogP contribution < -0.4 is 16.4 Å². The molecule has 2 unspecified atom stereocenters. The van der Waals surface area contributed by atoms with Gasteiger partial charge in [0.1, 0.15) is 0 Å². The molecule has 1 aliphatic carbocycles. The zero-order valence-electron chi connectivity index (χ0n) is 14.7. The van der Waals surface area contributed by atoms with Gasteiger partial charge in [0.2, 0.25) is 5.91 Å². The van der Waals surface area contributed by atoms with E-state index in [2.05, 4.69) is 10.6 Å². The highest BCUT2D eigenvalue weighted by Gasteiger charge is 2.28. The predicted octanol–water partition coefficient (Wildman–Crippen LogP) is 3.74. The molecular formula is C20H24ClN3O2.